The number of hydrogen-bond donors (Lipinski definition) is 3. The Morgan fingerprint density at radius 2 is 1.88 bits per heavy atom. The summed E-state index contributed by atoms with van der Waals surface area (Å²) in [5.41, 5.74) is 1.61. The maximum atomic E-state index is 11.6. The molecule has 1 rings (SSSR count). The minimum atomic E-state index is -0.301. The van der Waals surface area contributed by atoms with Crippen LogP contribution in [0.5, 0.6) is 0 Å². The predicted octanol–water partition coefficient (Wildman–Crippen LogP) is 2.14. The van der Waals surface area contributed by atoms with Gasteiger partial charge in [-0.1, -0.05) is 31.5 Å². The van der Waals surface area contributed by atoms with Crippen LogP contribution in [0.15, 0.2) is 24.3 Å². The molecule has 3 N–H and O–H groups in total. The number of hydrogen-bond acceptors (Lipinski definition) is 2. The molecule has 0 aliphatic carbocycles. The molecule has 1 aromatic rings. The largest absolute Gasteiger partial charge is 0.396 e. The molecule has 4 nitrogen and oxygen atoms in total. The maximum absolute atomic E-state index is 11.6. The Labute approximate surface area is 102 Å². The Hall–Kier alpha value is -1.55. The number of aliphatic hydroxyl groups is 1. The van der Waals surface area contributed by atoms with E-state index in [9.17, 15) is 4.79 Å². The number of rotatable bonds is 4. The number of benzene rings is 1. The van der Waals surface area contributed by atoms with Gasteiger partial charge in [-0.25, -0.2) is 4.79 Å². The highest BCUT2D eigenvalue weighted by Crippen LogP contribution is 2.12. The zero-order valence-electron chi connectivity index (χ0n) is 10.6. The van der Waals surface area contributed by atoms with Crippen LogP contribution >= 0.6 is 0 Å². The predicted molar refractivity (Wildman–Crippen MR) is 69.1 cm³/mol. The first-order chi connectivity index (χ1) is 7.93. The molecule has 0 unspecified atom stereocenters. The molecule has 94 valence electrons. The van der Waals surface area contributed by atoms with Gasteiger partial charge in [-0.3, -0.25) is 0 Å². The van der Waals surface area contributed by atoms with Crippen molar-refractivity contribution in [1.29, 1.82) is 0 Å². The molecule has 0 aliphatic heterocycles. The van der Waals surface area contributed by atoms with Gasteiger partial charge < -0.3 is 15.7 Å². The van der Waals surface area contributed by atoms with Gasteiger partial charge in [0.15, 0.2) is 0 Å². The first kappa shape index (κ1) is 13.5. The van der Waals surface area contributed by atoms with Gasteiger partial charge in [-0.15, -0.1) is 0 Å². The molecular weight excluding hydrogens is 216 g/mol. The van der Waals surface area contributed by atoms with Crippen molar-refractivity contribution in [3.63, 3.8) is 0 Å². The van der Waals surface area contributed by atoms with Crippen molar-refractivity contribution in [2.75, 3.05) is 18.5 Å². The molecule has 0 aromatic heterocycles. The number of urea groups is 1. The van der Waals surface area contributed by atoms with Crippen molar-refractivity contribution in [1.82, 2.24) is 5.32 Å². The van der Waals surface area contributed by atoms with Crippen molar-refractivity contribution >= 4 is 11.7 Å². The highest BCUT2D eigenvalue weighted by Gasteiger charge is 2.17. The average molecular weight is 236 g/mol. The van der Waals surface area contributed by atoms with Gasteiger partial charge in [0, 0.05) is 24.3 Å². The van der Waals surface area contributed by atoms with Crippen molar-refractivity contribution in [3.8, 4) is 0 Å². The van der Waals surface area contributed by atoms with Crippen molar-refractivity contribution < 1.29 is 9.90 Å². The molecule has 0 fully saturated rings. The first-order valence-electron chi connectivity index (χ1n) is 5.65. The minimum absolute atomic E-state index is 0.0395. The van der Waals surface area contributed by atoms with Crippen LogP contribution in [0.4, 0.5) is 10.5 Å². The van der Waals surface area contributed by atoms with Gasteiger partial charge in [0.05, 0.1) is 0 Å². The van der Waals surface area contributed by atoms with Crippen LogP contribution < -0.4 is 10.6 Å². The molecule has 1 aromatic carbocycles. The number of anilines is 1. The van der Waals surface area contributed by atoms with E-state index >= 15 is 0 Å². The van der Waals surface area contributed by atoms with Crippen LogP contribution in [-0.4, -0.2) is 24.3 Å². The topological polar surface area (TPSA) is 61.4 Å². The van der Waals surface area contributed by atoms with Crippen molar-refractivity contribution in [3.05, 3.63) is 29.8 Å². The van der Waals surface area contributed by atoms with Gasteiger partial charge in [0.25, 0.3) is 0 Å². The third kappa shape index (κ3) is 4.87. The van der Waals surface area contributed by atoms with E-state index in [1.54, 1.807) is 0 Å². The summed E-state index contributed by atoms with van der Waals surface area (Å²) in [6.45, 7) is 6.24. The zero-order chi connectivity index (χ0) is 12.9. The number of aliphatic hydroxyl groups excluding tert-OH is 1. The smallest absolute Gasteiger partial charge is 0.319 e. The summed E-state index contributed by atoms with van der Waals surface area (Å²) < 4.78 is 0. The lowest BCUT2D eigenvalue weighted by atomic mass is 9.95. The van der Waals surface area contributed by atoms with Gasteiger partial charge in [0.2, 0.25) is 0 Å². The Balaban J connectivity index is 2.42. The van der Waals surface area contributed by atoms with Crippen LogP contribution in [0.2, 0.25) is 0 Å². The van der Waals surface area contributed by atoms with Crippen LogP contribution in [0, 0.1) is 12.3 Å². The summed E-state index contributed by atoms with van der Waals surface area (Å²) in [5.74, 6) is 0. The fourth-order valence-electron chi connectivity index (χ4n) is 1.19. The summed E-state index contributed by atoms with van der Waals surface area (Å²) >= 11 is 0. The average Bonchev–Trinajstić information content (AvgIpc) is 2.30. The third-order valence-electron chi connectivity index (χ3n) is 2.46. The first-order valence-corrected chi connectivity index (χ1v) is 5.65. The fourth-order valence-corrected chi connectivity index (χ4v) is 1.19. The standard InChI is InChI=1S/C13H20N2O2/c1-10-4-6-11(7-5-10)15-12(17)14-8-13(2,3)9-16/h4-7,16H,8-9H2,1-3H3,(H2,14,15,17). The quantitative estimate of drug-likeness (QED) is 0.750. The van der Waals surface area contributed by atoms with Gasteiger partial charge in [0.1, 0.15) is 0 Å². The highest BCUT2D eigenvalue weighted by atomic mass is 16.3. The minimum Gasteiger partial charge on any atom is -0.396 e. The Bertz CT molecular complexity index is 372. The van der Waals surface area contributed by atoms with E-state index in [0.717, 1.165) is 11.3 Å². The Morgan fingerprint density at radius 1 is 1.29 bits per heavy atom. The lowest BCUT2D eigenvalue weighted by molar-refractivity contribution is 0.158. The second-order valence-electron chi connectivity index (χ2n) is 5.00. The van der Waals surface area contributed by atoms with E-state index in [0.29, 0.717) is 6.54 Å². The summed E-state index contributed by atoms with van der Waals surface area (Å²) in [6.07, 6.45) is 0. The molecule has 0 atom stereocenters. The molecule has 0 spiro atoms. The maximum Gasteiger partial charge on any atom is 0.319 e. The zero-order valence-corrected chi connectivity index (χ0v) is 10.6. The SMILES string of the molecule is Cc1ccc(NC(=O)NCC(C)(C)CO)cc1. The van der Waals surface area contributed by atoms with E-state index in [1.807, 2.05) is 45.0 Å². The van der Waals surface area contributed by atoms with E-state index in [2.05, 4.69) is 10.6 Å². The molecule has 0 saturated carbocycles. The normalized spacial score (nSPS) is 11.1. The molecular formula is C13H20N2O2. The lowest BCUT2D eigenvalue weighted by Gasteiger charge is -2.21. The second kappa shape index (κ2) is 5.68. The van der Waals surface area contributed by atoms with E-state index in [4.69, 9.17) is 5.11 Å². The molecule has 4 heteroatoms. The fraction of sp³-hybridized carbons (Fsp3) is 0.462. The van der Waals surface area contributed by atoms with Crippen LogP contribution in [0.3, 0.4) is 0 Å². The summed E-state index contributed by atoms with van der Waals surface area (Å²) in [5, 5.41) is 14.5. The summed E-state index contributed by atoms with van der Waals surface area (Å²) in [6, 6.07) is 7.33. The van der Waals surface area contributed by atoms with Crippen LogP contribution in [0.1, 0.15) is 19.4 Å². The van der Waals surface area contributed by atoms with E-state index in [1.165, 1.54) is 0 Å². The monoisotopic (exact) mass is 236 g/mol. The summed E-state index contributed by atoms with van der Waals surface area (Å²) in [7, 11) is 0. The van der Waals surface area contributed by atoms with Gasteiger partial charge in [-0.05, 0) is 19.1 Å². The van der Waals surface area contributed by atoms with Gasteiger partial charge >= 0.3 is 6.03 Å². The van der Waals surface area contributed by atoms with Crippen molar-refractivity contribution in [2.24, 2.45) is 5.41 Å². The third-order valence-corrected chi connectivity index (χ3v) is 2.46. The number of carbonyl (C=O) groups excluding carboxylic acids is 1. The van der Waals surface area contributed by atoms with Gasteiger partial charge in [-0.2, -0.15) is 0 Å². The van der Waals surface area contributed by atoms with E-state index in [-0.39, 0.29) is 18.1 Å². The number of amides is 2. The Morgan fingerprint density at radius 3 is 2.41 bits per heavy atom. The van der Waals surface area contributed by atoms with Crippen molar-refractivity contribution in [2.45, 2.75) is 20.8 Å². The van der Waals surface area contributed by atoms with Crippen LogP contribution in [-0.2, 0) is 0 Å². The summed E-state index contributed by atoms with van der Waals surface area (Å²) in [4.78, 5) is 11.6. The lowest BCUT2D eigenvalue weighted by Crippen LogP contribution is -2.38. The molecule has 0 saturated heterocycles. The second-order valence-corrected chi connectivity index (χ2v) is 5.00. The molecule has 0 bridgehead atoms. The number of aryl methyl sites for hydroxylation is 1. The number of nitrogens with one attached hydrogen (secondary N) is 2. The molecule has 17 heavy (non-hydrogen) atoms. The molecule has 0 heterocycles. The van der Waals surface area contributed by atoms with Crippen LogP contribution in [0.25, 0.3) is 0 Å². The molecule has 0 radical (unpaired) electrons. The van der Waals surface area contributed by atoms with E-state index < -0.39 is 0 Å². The molecule has 0 aliphatic rings. The Kier molecular flexibility index (Phi) is 4.52. The highest BCUT2D eigenvalue weighted by molar-refractivity contribution is 5.89. The number of carbonyl (C=O) groups is 1. The molecule has 2 amide bonds.